The van der Waals surface area contributed by atoms with Gasteiger partial charge in [-0.05, 0) is 48.5 Å². The molecule has 1 aromatic heterocycles. The molecule has 2 aromatic carbocycles. The molecule has 29 heavy (non-hydrogen) atoms. The van der Waals surface area contributed by atoms with Crippen molar-refractivity contribution in [3.63, 3.8) is 0 Å². The predicted octanol–water partition coefficient (Wildman–Crippen LogP) is 5.68. The van der Waals surface area contributed by atoms with Crippen molar-refractivity contribution >= 4 is 60.1 Å². The van der Waals surface area contributed by atoms with E-state index in [-0.39, 0.29) is 16.3 Å². The quantitative estimate of drug-likeness (QED) is 0.428. The molecule has 5 nitrogen and oxygen atoms in total. The van der Waals surface area contributed by atoms with E-state index in [1.54, 1.807) is 24.3 Å². The summed E-state index contributed by atoms with van der Waals surface area (Å²) in [7, 11) is 0. The highest BCUT2D eigenvalue weighted by molar-refractivity contribution is 9.10. The molecule has 150 valence electrons. The number of carbonyl (C=O) groups is 2. The average molecular weight is 549 g/mol. The SMILES string of the molecule is O=C(NN(C(=O)c1ccc(Br)cc1)c1nc(C(F)(F)F)cs1)c1ccc(Br)cc1. The molecule has 0 spiro atoms. The summed E-state index contributed by atoms with van der Waals surface area (Å²) in [6.45, 7) is 0. The van der Waals surface area contributed by atoms with Gasteiger partial charge in [-0.3, -0.25) is 15.0 Å². The molecule has 3 aromatic rings. The van der Waals surface area contributed by atoms with Crippen molar-refractivity contribution in [3.05, 3.63) is 79.7 Å². The van der Waals surface area contributed by atoms with Crippen molar-refractivity contribution in [2.24, 2.45) is 0 Å². The number of aromatic nitrogens is 1. The Morgan fingerprint density at radius 1 is 0.931 bits per heavy atom. The van der Waals surface area contributed by atoms with Crippen LogP contribution in [-0.2, 0) is 6.18 Å². The van der Waals surface area contributed by atoms with Crippen molar-refractivity contribution in [2.75, 3.05) is 5.01 Å². The van der Waals surface area contributed by atoms with E-state index >= 15 is 0 Å². The number of rotatable bonds is 3. The fourth-order valence-electron chi connectivity index (χ4n) is 2.17. The number of hydrazine groups is 1. The van der Waals surface area contributed by atoms with E-state index in [4.69, 9.17) is 0 Å². The molecule has 11 heteroatoms. The van der Waals surface area contributed by atoms with Crippen LogP contribution >= 0.6 is 43.2 Å². The minimum absolute atomic E-state index is 0.160. The largest absolute Gasteiger partial charge is 0.434 e. The van der Waals surface area contributed by atoms with Crippen LogP contribution in [0.4, 0.5) is 18.3 Å². The van der Waals surface area contributed by atoms with Crippen molar-refractivity contribution in [3.8, 4) is 0 Å². The van der Waals surface area contributed by atoms with Crippen LogP contribution in [0.3, 0.4) is 0 Å². The number of nitrogens with zero attached hydrogens (tertiary/aromatic N) is 2. The number of alkyl halides is 3. The normalized spacial score (nSPS) is 11.2. The van der Waals surface area contributed by atoms with Crippen LogP contribution in [0.1, 0.15) is 26.4 Å². The predicted molar refractivity (Wildman–Crippen MR) is 110 cm³/mol. The molecule has 0 radical (unpaired) electrons. The van der Waals surface area contributed by atoms with Gasteiger partial charge >= 0.3 is 6.18 Å². The van der Waals surface area contributed by atoms with E-state index in [1.807, 2.05) is 0 Å². The van der Waals surface area contributed by atoms with Crippen molar-refractivity contribution in [1.29, 1.82) is 0 Å². The van der Waals surface area contributed by atoms with Gasteiger partial charge in [0.1, 0.15) is 0 Å². The highest BCUT2D eigenvalue weighted by Crippen LogP contribution is 2.33. The summed E-state index contributed by atoms with van der Waals surface area (Å²) >= 11 is 7.09. The molecule has 1 N–H and O–H groups in total. The van der Waals surface area contributed by atoms with Gasteiger partial charge in [-0.15, -0.1) is 11.3 Å². The molecule has 0 bridgehead atoms. The summed E-state index contributed by atoms with van der Waals surface area (Å²) in [5.41, 5.74) is 1.57. The molecule has 0 aliphatic heterocycles. The lowest BCUT2D eigenvalue weighted by molar-refractivity contribution is -0.140. The van der Waals surface area contributed by atoms with Crippen LogP contribution in [0, 0.1) is 0 Å². The van der Waals surface area contributed by atoms with Gasteiger partial charge in [-0.25, -0.2) is 4.98 Å². The molecule has 3 rings (SSSR count). The van der Waals surface area contributed by atoms with Crippen LogP contribution in [0.15, 0.2) is 62.9 Å². The smallest absolute Gasteiger partial charge is 0.267 e. The fourth-order valence-corrected chi connectivity index (χ4v) is 3.49. The van der Waals surface area contributed by atoms with Gasteiger partial charge in [0.2, 0.25) is 5.13 Å². The van der Waals surface area contributed by atoms with E-state index in [9.17, 15) is 22.8 Å². The second-order valence-corrected chi connectivity index (χ2v) is 8.28. The summed E-state index contributed by atoms with van der Waals surface area (Å²) in [5.74, 6) is -1.40. The van der Waals surface area contributed by atoms with Gasteiger partial charge in [0.05, 0.1) is 0 Å². The summed E-state index contributed by atoms with van der Waals surface area (Å²) in [5, 5.41) is 1.19. The Labute approximate surface area is 183 Å². The molecule has 0 saturated heterocycles. The topological polar surface area (TPSA) is 62.3 Å². The van der Waals surface area contributed by atoms with Crippen LogP contribution < -0.4 is 10.4 Å². The van der Waals surface area contributed by atoms with Crippen LogP contribution in [0.2, 0.25) is 0 Å². The molecule has 0 fully saturated rings. The lowest BCUT2D eigenvalue weighted by Crippen LogP contribution is -2.46. The fraction of sp³-hybridized carbons (Fsp3) is 0.0556. The third kappa shape index (κ3) is 5.22. The van der Waals surface area contributed by atoms with Crippen LogP contribution in [-0.4, -0.2) is 16.8 Å². The maximum absolute atomic E-state index is 12.9. The van der Waals surface area contributed by atoms with Gasteiger partial charge < -0.3 is 0 Å². The maximum atomic E-state index is 12.9. The number of carbonyl (C=O) groups excluding carboxylic acids is 2. The van der Waals surface area contributed by atoms with Gasteiger partial charge in [0.25, 0.3) is 11.8 Å². The molecule has 2 amide bonds. The first kappa shape index (κ1) is 21.5. The Hall–Kier alpha value is -2.24. The number of nitrogens with one attached hydrogen (secondary N) is 1. The lowest BCUT2D eigenvalue weighted by Gasteiger charge is -2.21. The molecule has 0 unspecified atom stereocenters. The van der Waals surface area contributed by atoms with E-state index in [1.165, 1.54) is 24.3 Å². The second kappa shape index (κ2) is 8.64. The zero-order valence-corrected chi connectivity index (χ0v) is 18.2. The van der Waals surface area contributed by atoms with E-state index in [2.05, 4.69) is 42.3 Å². The molecular weight excluding hydrogens is 539 g/mol. The first-order valence-electron chi connectivity index (χ1n) is 7.84. The van der Waals surface area contributed by atoms with Crippen LogP contribution in [0.5, 0.6) is 0 Å². The number of amides is 2. The maximum Gasteiger partial charge on any atom is 0.434 e. The second-order valence-electron chi connectivity index (χ2n) is 5.61. The van der Waals surface area contributed by atoms with Gasteiger partial charge in [-0.1, -0.05) is 31.9 Å². The summed E-state index contributed by atoms with van der Waals surface area (Å²) in [6, 6.07) is 12.4. The first-order valence-corrected chi connectivity index (χ1v) is 10.3. The third-order valence-electron chi connectivity index (χ3n) is 3.59. The highest BCUT2D eigenvalue weighted by atomic mass is 79.9. The molecule has 0 aliphatic carbocycles. The van der Waals surface area contributed by atoms with Gasteiger partial charge in [0, 0.05) is 25.5 Å². The Morgan fingerprint density at radius 2 is 1.45 bits per heavy atom. The number of halogens is 5. The monoisotopic (exact) mass is 547 g/mol. The van der Waals surface area contributed by atoms with Crippen molar-refractivity contribution < 1.29 is 22.8 Å². The number of benzene rings is 2. The van der Waals surface area contributed by atoms with Crippen molar-refractivity contribution in [2.45, 2.75) is 6.18 Å². The Kier molecular flexibility index (Phi) is 6.39. The van der Waals surface area contributed by atoms with Gasteiger partial charge in [-0.2, -0.15) is 18.2 Å². The van der Waals surface area contributed by atoms with E-state index in [0.717, 1.165) is 9.85 Å². The number of hydrogen-bond acceptors (Lipinski definition) is 4. The number of anilines is 1. The minimum Gasteiger partial charge on any atom is -0.267 e. The van der Waals surface area contributed by atoms with Gasteiger partial charge in [0.15, 0.2) is 5.69 Å². The number of thiazole rings is 1. The zero-order valence-electron chi connectivity index (χ0n) is 14.2. The first-order chi connectivity index (χ1) is 13.6. The lowest BCUT2D eigenvalue weighted by atomic mass is 10.2. The van der Waals surface area contributed by atoms with E-state index in [0.29, 0.717) is 20.8 Å². The number of hydrogen-bond donors (Lipinski definition) is 1. The van der Waals surface area contributed by atoms with Crippen molar-refractivity contribution in [1.82, 2.24) is 10.4 Å². The minimum atomic E-state index is -4.67. The summed E-state index contributed by atoms with van der Waals surface area (Å²) < 4.78 is 40.3. The Balaban J connectivity index is 1.95. The molecule has 0 saturated carbocycles. The standard InChI is InChI=1S/C18H10Br2F3N3O2S/c19-12-5-1-10(2-6-12)15(27)25-26(16(28)11-3-7-13(20)8-4-11)17-24-14(9-29-17)18(21,22)23/h1-9H,(H,25,27). The van der Waals surface area contributed by atoms with Crippen LogP contribution in [0.25, 0.3) is 0 Å². The molecule has 1 heterocycles. The highest BCUT2D eigenvalue weighted by Gasteiger charge is 2.35. The summed E-state index contributed by atoms with van der Waals surface area (Å²) in [6.07, 6.45) is -4.67. The average Bonchev–Trinajstić information content (AvgIpc) is 3.17. The van der Waals surface area contributed by atoms with E-state index < -0.39 is 23.7 Å². The summed E-state index contributed by atoms with van der Waals surface area (Å²) in [4.78, 5) is 28.9. The molecule has 0 atom stereocenters. The third-order valence-corrected chi connectivity index (χ3v) is 5.47. The molecule has 0 aliphatic rings. The zero-order chi connectivity index (χ0) is 21.2. The Bertz CT molecular complexity index is 1040. The molecular formula is C18H10Br2F3N3O2S. The Morgan fingerprint density at radius 3 is 1.93 bits per heavy atom.